The standard InChI is InChI=1S/C19H19N7O2/c1-11-3-4-13(7-15(11)24-19(27)28-2)23-17-8-16(22-12-5-6-12)18-21-10-14(9-20)26(18)25-17/h3-4,7-8,10,12,22H,5-6H2,1-2H3,(H,23,25)(H,24,27). The molecule has 28 heavy (non-hydrogen) atoms. The summed E-state index contributed by atoms with van der Waals surface area (Å²) in [6, 6.07) is 9.97. The lowest BCUT2D eigenvalue weighted by atomic mass is 10.2. The first kappa shape index (κ1) is 17.6. The molecule has 1 aromatic carbocycles. The van der Waals surface area contributed by atoms with Gasteiger partial charge < -0.3 is 15.4 Å². The van der Waals surface area contributed by atoms with Crippen LogP contribution in [0.15, 0.2) is 30.5 Å². The fraction of sp³-hybridized carbons (Fsp3) is 0.263. The minimum absolute atomic E-state index is 0.356. The molecule has 9 heteroatoms. The molecule has 1 fully saturated rings. The number of amides is 1. The number of benzene rings is 1. The van der Waals surface area contributed by atoms with Gasteiger partial charge in [-0.2, -0.15) is 9.78 Å². The van der Waals surface area contributed by atoms with E-state index in [2.05, 4.69) is 36.8 Å². The highest BCUT2D eigenvalue weighted by Gasteiger charge is 2.23. The van der Waals surface area contributed by atoms with Crippen molar-refractivity contribution in [2.24, 2.45) is 0 Å². The number of hydrogen-bond donors (Lipinski definition) is 3. The molecule has 0 unspecified atom stereocenters. The van der Waals surface area contributed by atoms with Crippen molar-refractivity contribution in [3.8, 4) is 6.07 Å². The van der Waals surface area contributed by atoms with E-state index in [-0.39, 0.29) is 0 Å². The molecule has 0 aliphatic heterocycles. The summed E-state index contributed by atoms with van der Waals surface area (Å²) < 4.78 is 6.18. The van der Waals surface area contributed by atoms with Crippen LogP contribution in [0, 0.1) is 18.3 Å². The van der Waals surface area contributed by atoms with Crippen LogP contribution in [-0.2, 0) is 4.74 Å². The number of fused-ring (bicyclic) bond motifs is 1. The predicted molar refractivity (Wildman–Crippen MR) is 105 cm³/mol. The lowest BCUT2D eigenvalue weighted by molar-refractivity contribution is 0.187. The van der Waals surface area contributed by atoms with Crippen molar-refractivity contribution >= 4 is 34.6 Å². The molecular weight excluding hydrogens is 358 g/mol. The molecule has 3 aromatic rings. The van der Waals surface area contributed by atoms with Gasteiger partial charge in [-0.1, -0.05) is 6.07 Å². The number of methoxy groups -OCH3 is 1. The van der Waals surface area contributed by atoms with Gasteiger partial charge in [-0.05, 0) is 37.5 Å². The van der Waals surface area contributed by atoms with Crippen molar-refractivity contribution in [2.45, 2.75) is 25.8 Å². The molecule has 1 aliphatic carbocycles. The van der Waals surface area contributed by atoms with E-state index < -0.39 is 6.09 Å². The zero-order chi connectivity index (χ0) is 19.7. The number of carbonyl (C=O) groups excluding carboxylic acids is 1. The first-order chi connectivity index (χ1) is 13.6. The minimum atomic E-state index is -0.534. The largest absolute Gasteiger partial charge is 0.453 e. The Bertz CT molecular complexity index is 1100. The number of nitriles is 1. The number of rotatable bonds is 5. The molecule has 0 radical (unpaired) electrons. The maximum atomic E-state index is 11.5. The molecule has 2 aromatic heterocycles. The summed E-state index contributed by atoms with van der Waals surface area (Å²) in [5, 5.41) is 23.2. The predicted octanol–water partition coefficient (Wildman–Crippen LogP) is 3.41. The Balaban J connectivity index is 1.68. The van der Waals surface area contributed by atoms with Crippen molar-refractivity contribution < 1.29 is 9.53 Å². The van der Waals surface area contributed by atoms with Crippen LogP contribution in [0.5, 0.6) is 0 Å². The molecule has 0 saturated heterocycles. The Morgan fingerprint density at radius 3 is 2.86 bits per heavy atom. The molecule has 0 bridgehead atoms. The smallest absolute Gasteiger partial charge is 0.411 e. The van der Waals surface area contributed by atoms with Crippen LogP contribution in [0.4, 0.5) is 27.7 Å². The van der Waals surface area contributed by atoms with E-state index >= 15 is 0 Å². The van der Waals surface area contributed by atoms with Gasteiger partial charge >= 0.3 is 6.09 Å². The fourth-order valence-corrected chi connectivity index (χ4v) is 2.80. The van der Waals surface area contributed by atoms with Crippen molar-refractivity contribution in [3.63, 3.8) is 0 Å². The monoisotopic (exact) mass is 377 g/mol. The zero-order valence-corrected chi connectivity index (χ0v) is 15.5. The second kappa shape index (κ2) is 7.08. The summed E-state index contributed by atoms with van der Waals surface area (Å²) in [6.45, 7) is 1.89. The highest BCUT2D eigenvalue weighted by molar-refractivity contribution is 5.86. The first-order valence-electron chi connectivity index (χ1n) is 8.85. The highest BCUT2D eigenvalue weighted by Crippen LogP contribution is 2.30. The number of ether oxygens (including phenoxy) is 1. The van der Waals surface area contributed by atoms with Gasteiger partial charge in [0.2, 0.25) is 0 Å². The molecule has 1 amide bonds. The molecule has 0 atom stereocenters. The summed E-state index contributed by atoms with van der Waals surface area (Å²) in [6.07, 6.45) is 3.20. The van der Waals surface area contributed by atoms with E-state index in [1.807, 2.05) is 25.1 Å². The van der Waals surface area contributed by atoms with Crippen molar-refractivity contribution in [2.75, 3.05) is 23.1 Å². The average molecular weight is 377 g/mol. The Labute approximate surface area is 161 Å². The SMILES string of the molecule is COC(=O)Nc1cc(Nc2cc(NC3CC3)c3ncc(C#N)n3n2)ccc1C. The minimum Gasteiger partial charge on any atom is -0.453 e. The number of nitrogens with one attached hydrogen (secondary N) is 3. The second-order valence-electron chi connectivity index (χ2n) is 6.62. The maximum absolute atomic E-state index is 11.5. The van der Waals surface area contributed by atoms with Gasteiger partial charge in [0.25, 0.3) is 0 Å². The molecule has 3 N–H and O–H groups in total. The van der Waals surface area contributed by atoms with Crippen LogP contribution in [-0.4, -0.2) is 33.8 Å². The number of imidazole rings is 1. The molecule has 2 heterocycles. The van der Waals surface area contributed by atoms with E-state index in [4.69, 9.17) is 0 Å². The number of aryl methyl sites for hydroxylation is 1. The lowest BCUT2D eigenvalue weighted by Crippen LogP contribution is -2.12. The highest BCUT2D eigenvalue weighted by atomic mass is 16.5. The summed E-state index contributed by atoms with van der Waals surface area (Å²) >= 11 is 0. The zero-order valence-electron chi connectivity index (χ0n) is 15.5. The molecule has 1 saturated carbocycles. The molecule has 4 rings (SSSR count). The van der Waals surface area contributed by atoms with Crippen LogP contribution in [0.1, 0.15) is 24.1 Å². The molecule has 0 spiro atoms. The summed E-state index contributed by atoms with van der Waals surface area (Å²) in [7, 11) is 1.32. The summed E-state index contributed by atoms with van der Waals surface area (Å²) in [5.41, 5.74) is 4.06. The van der Waals surface area contributed by atoms with Gasteiger partial charge in [0.1, 0.15) is 6.07 Å². The summed E-state index contributed by atoms with van der Waals surface area (Å²) in [4.78, 5) is 15.8. The third kappa shape index (κ3) is 3.53. The summed E-state index contributed by atoms with van der Waals surface area (Å²) in [5.74, 6) is 0.554. The Morgan fingerprint density at radius 1 is 1.32 bits per heavy atom. The maximum Gasteiger partial charge on any atom is 0.411 e. The molecular formula is C19H19N7O2. The Kier molecular flexibility index (Phi) is 4.45. The third-order valence-corrected chi connectivity index (χ3v) is 4.45. The van der Waals surface area contributed by atoms with Gasteiger partial charge in [0.05, 0.1) is 19.0 Å². The third-order valence-electron chi connectivity index (χ3n) is 4.45. The topological polar surface area (TPSA) is 116 Å². The average Bonchev–Trinajstić information content (AvgIpc) is 3.40. The van der Waals surface area contributed by atoms with E-state index in [9.17, 15) is 10.1 Å². The van der Waals surface area contributed by atoms with Crippen LogP contribution in [0.3, 0.4) is 0 Å². The van der Waals surface area contributed by atoms with E-state index in [0.717, 1.165) is 29.8 Å². The number of anilines is 4. The molecule has 142 valence electrons. The van der Waals surface area contributed by atoms with Gasteiger partial charge in [-0.3, -0.25) is 5.32 Å². The Morgan fingerprint density at radius 2 is 2.14 bits per heavy atom. The van der Waals surface area contributed by atoms with Crippen molar-refractivity contribution in [1.82, 2.24) is 14.6 Å². The van der Waals surface area contributed by atoms with Gasteiger partial charge in [0, 0.05) is 23.5 Å². The number of nitrogens with zero attached hydrogens (tertiary/aromatic N) is 4. The van der Waals surface area contributed by atoms with Crippen LogP contribution in [0.25, 0.3) is 5.65 Å². The second-order valence-corrected chi connectivity index (χ2v) is 6.62. The van der Waals surface area contributed by atoms with Crippen LogP contribution >= 0.6 is 0 Å². The van der Waals surface area contributed by atoms with Gasteiger partial charge in [0.15, 0.2) is 17.2 Å². The molecule has 1 aliphatic rings. The first-order valence-corrected chi connectivity index (χ1v) is 8.85. The number of carbonyl (C=O) groups is 1. The quantitative estimate of drug-likeness (QED) is 0.624. The van der Waals surface area contributed by atoms with E-state index in [1.54, 1.807) is 6.07 Å². The van der Waals surface area contributed by atoms with E-state index in [0.29, 0.717) is 28.9 Å². The van der Waals surface area contributed by atoms with Crippen LogP contribution < -0.4 is 16.0 Å². The van der Waals surface area contributed by atoms with Crippen molar-refractivity contribution in [3.05, 3.63) is 41.7 Å². The normalized spacial score (nSPS) is 13.0. The van der Waals surface area contributed by atoms with Gasteiger partial charge in [-0.25, -0.2) is 9.78 Å². The van der Waals surface area contributed by atoms with E-state index in [1.165, 1.54) is 17.8 Å². The lowest BCUT2D eigenvalue weighted by Gasteiger charge is -2.13. The molecule has 9 nitrogen and oxygen atoms in total. The van der Waals surface area contributed by atoms with Crippen molar-refractivity contribution in [1.29, 1.82) is 5.26 Å². The van der Waals surface area contributed by atoms with Crippen LogP contribution in [0.2, 0.25) is 0 Å². The number of aromatic nitrogens is 3. The van der Waals surface area contributed by atoms with Gasteiger partial charge in [-0.15, -0.1) is 5.10 Å². The Hall–Kier alpha value is -3.80. The fourth-order valence-electron chi connectivity index (χ4n) is 2.80. The number of hydrogen-bond acceptors (Lipinski definition) is 7.